The molecule has 1 rings (SSSR count). The molecule has 1 fully saturated rings. The van der Waals surface area contributed by atoms with Crippen LogP contribution in [-0.2, 0) is 0 Å². The van der Waals surface area contributed by atoms with Crippen LogP contribution in [0, 0.1) is 5.92 Å². The van der Waals surface area contributed by atoms with E-state index < -0.39 is 0 Å². The molecule has 0 aromatic heterocycles. The molecule has 18 heavy (non-hydrogen) atoms. The molecule has 1 aliphatic rings. The molecule has 0 spiro atoms. The summed E-state index contributed by atoms with van der Waals surface area (Å²) in [7, 11) is 0. The minimum absolute atomic E-state index is 0.661. The topological polar surface area (TPSA) is 29.3 Å². The van der Waals surface area contributed by atoms with E-state index in [1.165, 1.54) is 70.9 Å². The van der Waals surface area contributed by atoms with Gasteiger partial charge in [0.1, 0.15) is 0 Å². The Hall–Kier alpha value is -0.0800. The first-order chi connectivity index (χ1) is 8.81. The van der Waals surface area contributed by atoms with Gasteiger partial charge in [0.2, 0.25) is 0 Å². The number of rotatable bonds is 10. The Morgan fingerprint density at radius 1 is 1.11 bits per heavy atom. The number of hydrogen-bond donors (Lipinski definition) is 1. The largest absolute Gasteiger partial charge is 0.329 e. The molecule has 0 bridgehead atoms. The van der Waals surface area contributed by atoms with Crippen LogP contribution in [0.4, 0.5) is 0 Å². The Morgan fingerprint density at radius 2 is 1.89 bits per heavy atom. The van der Waals surface area contributed by atoms with Crippen LogP contribution in [0.3, 0.4) is 0 Å². The summed E-state index contributed by atoms with van der Waals surface area (Å²) in [5, 5.41) is 0. The first-order valence-electron chi connectivity index (χ1n) is 8.25. The van der Waals surface area contributed by atoms with Crippen molar-refractivity contribution in [2.24, 2.45) is 11.7 Å². The van der Waals surface area contributed by atoms with Gasteiger partial charge < -0.3 is 5.73 Å². The third-order valence-corrected chi connectivity index (χ3v) is 4.44. The molecular weight excluding hydrogens is 220 g/mol. The highest BCUT2D eigenvalue weighted by molar-refractivity contribution is 4.81. The molecule has 1 saturated heterocycles. The standard InChI is InChI=1S/C16H34N2/c1-3-5-6-7-8-10-16(13-17)18-12-11-15(14-18)9-4-2/h15-16H,3-14,17H2,1-2H3. The molecule has 2 nitrogen and oxygen atoms in total. The van der Waals surface area contributed by atoms with E-state index in [9.17, 15) is 0 Å². The average molecular weight is 254 g/mol. The third-order valence-electron chi connectivity index (χ3n) is 4.44. The summed E-state index contributed by atoms with van der Waals surface area (Å²) >= 11 is 0. The molecule has 0 aromatic carbocycles. The van der Waals surface area contributed by atoms with Crippen molar-refractivity contribution >= 4 is 0 Å². The lowest BCUT2D eigenvalue weighted by Crippen LogP contribution is -2.39. The second kappa shape index (κ2) is 9.80. The summed E-state index contributed by atoms with van der Waals surface area (Å²) in [6.07, 6.45) is 12.4. The van der Waals surface area contributed by atoms with Crippen molar-refractivity contribution in [2.75, 3.05) is 19.6 Å². The first-order valence-corrected chi connectivity index (χ1v) is 8.25. The number of nitrogens with zero attached hydrogens (tertiary/aromatic N) is 1. The molecule has 2 atom stereocenters. The lowest BCUT2D eigenvalue weighted by Gasteiger charge is -2.26. The molecule has 0 radical (unpaired) electrons. The van der Waals surface area contributed by atoms with Gasteiger partial charge in [-0.3, -0.25) is 4.90 Å². The van der Waals surface area contributed by atoms with Crippen molar-refractivity contribution in [3.63, 3.8) is 0 Å². The van der Waals surface area contributed by atoms with E-state index in [4.69, 9.17) is 5.73 Å². The molecule has 2 heteroatoms. The average Bonchev–Trinajstić information content (AvgIpc) is 2.83. The van der Waals surface area contributed by atoms with Crippen LogP contribution in [0.15, 0.2) is 0 Å². The van der Waals surface area contributed by atoms with Gasteiger partial charge in [0.15, 0.2) is 0 Å². The maximum Gasteiger partial charge on any atom is 0.0218 e. The monoisotopic (exact) mass is 254 g/mol. The number of unbranched alkanes of at least 4 members (excludes halogenated alkanes) is 4. The van der Waals surface area contributed by atoms with Crippen molar-refractivity contribution in [1.82, 2.24) is 4.90 Å². The Bertz CT molecular complexity index is 194. The van der Waals surface area contributed by atoms with Crippen LogP contribution in [0.1, 0.15) is 71.6 Å². The molecule has 0 amide bonds. The van der Waals surface area contributed by atoms with Crippen LogP contribution in [0.2, 0.25) is 0 Å². The normalized spacial score (nSPS) is 22.5. The fourth-order valence-electron chi connectivity index (χ4n) is 3.27. The molecular formula is C16H34N2. The van der Waals surface area contributed by atoms with Crippen LogP contribution in [0.5, 0.6) is 0 Å². The van der Waals surface area contributed by atoms with E-state index in [-0.39, 0.29) is 0 Å². The Kier molecular flexibility index (Phi) is 8.70. The predicted molar refractivity (Wildman–Crippen MR) is 80.8 cm³/mol. The van der Waals surface area contributed by atoms with Crippen LogP contribution in [0.25, 0.3) is 0 Å². The van der Waals surface area contributed by atoms with E-state index >= 15 is 0 Å². The van der Waals surface area contributed by atoms with Gasteiger partial charge in [-0.2, -0.15) is 0 Å². The summed E-state index contributed by atoms with van der Waals surface area (Å²) in [5.41, 5.74) is 5.97. The van der Waals surface area contributed by atoms with Crippen molar-refractivity contribution in [3.05, 3.63) is 0 Å². The summed E-state index contributed by atoms with van der Waals surface area (Å²) in [6, 6.07) is 0.661. The lowest BCUT2D eigenvalue weighted by molar-refractivity contribution is 0.221. The Labute approximate surface area is 114 Å². The fourth-order valence-corrected chi connectivity index (χ4v) is 3.27. The predicted octanol–water partition coefficient (Wildman–Crippen LogP) is 3.80. The fraction of sp³-hybridized carbons (Fsp3) is 1.00. The zero-order valence-corrected chi connectivity index (χ0v) is 12.7. The van der Waals surface area contributed by atoms with Gasteiger partial charge >= 0.3 is 0 Å². The Balaban J connectivity index is 2.16. The Morgan fingerprint density at radius 3 is 2.56 bits per heavy atom. The maximum absolute atomic E-state index is 5.97. The molecule has 1 aliphatic heterocycles. The molecule has 2 unspecified atom stereocenters. The highest BCUT2D eigenvalue weighted by atomic mass is 15.2. The van der Waals surface area contributed by atoms with Crippen LogP contribution < -0.4 is 5.73 Å². The maximum atomic E-state index is 5.97. The highest BCUT2D eigenvalue weighted by Gasteiger charge is 2.26. The SMILES string of the molecule is CCCCCCCC(CN)N1CCC(CCC)C1. The number of likely N-dealkylation sites (tertiary alicyclic amines) is 1. The van der Waals surface area contributed by atoms with E-state index in [0.29, 0.717) is 6.04 Å². The van der Waals surface area contributed by atoms with Gasteiger partial charge in [-0.05, 0) is 31.7 Å². The van der Waals surface area contributed by atoms with Gasteiger partial charge in [0.25, 0.3) is 0 Å². The van der Waals surface area contributed by atoms with Crippen molar-refractivity contribution in [2.45, 2.75) is 77.7 Å². The van der Waals surface area contributed by atoms with E-state index in [0.717, 1.165) is 12.5 Å². The second-order valence-electron chi connectivity index (χ2n) is 6.03. The number of nitrogens with two attached hydrogens (primary N) is 1. The van der Waals surface area contributed by atoms with Crippen molar-refractivity contribution in [1.29, 1.82) is 0 Å². The summed E-state index contributed by atoms with van der Waals surface area (Å²) in [4.78, 5) is 2.67. The molecule has 1 heterocycles. The van der Waals surface area contributed by atoms with Gasteiger partial charge in [-0.25, -0.2) is 0 Å². The summed E-state index contributed by atoms with van der Waals surface area (Å²) in [5.74, 6) is 0.948. The van der Waals surface area contributed by atoms with E-state index in [2.05, 4.69) is 18.7 Å². The van der Waals surface area contributed by atoms with E-state index in [1.54, 1.807) is 0 Å². The molecule has 108 valence electrons. The molecule has 2 N–H and O–H groups in total. The quantitative estimate of drug-likeness (QED) is 0.601. The summed E-state index contributed by atoms with van der Waals surface area (Å²) in [6.45, 7) is 8.04. The third kappa shape index (κ3) is 5.71. The number of hydrogen-bond acceptors (Lipinski definition) is 2. The second-order valence-corrected chi connectivity index (χ2v) is 6.03. The first kappa shape index (κ1) is 16.0. The van der Waals surface area contributed by atoms with Gasteiger partial charge in [-0.15, -0.1) is 0 Å². The van der Waals surface area contributed by atoms with Gasteiger partial charge in [0.05, 0.1) is 0 Å². The van der Waals surface area contributed by atoms with Crippen LogP contribution in [-0.4, -0.2) is 30.6 Å². The van der Waals surface area contributed by atoms with Crippen molar-refractivity contribution in [3.8, 4) is 0 Å². The zero-order valence-electron chi connectivity index (χ0n) is 12.7. The lowest BCUT2D eigenvalue weighted by atomic mass is 10.0. The molecule has 0 aromatic rings. The van der Waals surface area contributed by atoms with E-state index in [1.807, 2.05) is 0 Å². The van der Waals surface area contributed by atoms with Crippen molar-refractivity contribution < 1.29 is 0 Å². The van der Waals surface area contributed by atoms with Gasteiger partial charge in [0, 0.05) is 19.1 Å². The smallest absolute Gasteiger partial charge is 0.0218 e. The minimum atomic E-state index is 0.661. The highest BCUT2D eigenvalue weighted by Crippen LogP contribution is 2.24. The van der Waals surface area contributed by atoms with Gasteiger partial charge in [-0.1, -0.05) is 52.4 Å². The molecule has 0 aliphatic carbocycles. The summed E-state index contributed by atoms with van der Waals surface area (Å²) < 4.78 is 0. The van der Waals surface area contributed by atoms with Crippen LogP contribution >= 0.6 is 0 Å². The molecule has 0 saturated carbocycles. The zero-order chi connectivity index (χ0) is 13.2. The minimum Gasteiger partial charge on any atom is -0.329 e.